The Morgan fingerprint density at radius 2 is 2.24 bits per heavy atom. The second-order valence-corrected chi connectivity index (χ2v) is 5.38. The molecule has 1 heterocycles. The van der Waals surface area contributed by atoms with Gasteiger partial charge in [-0.3, -0.25) is 14.9 Å². The number of carbonyl (C=O) groups is 1. The van der Waals surface area contributed by atoms with Crippen LogP contribution in [-0.4, -0.2) is 33.1 Å². The number of rotatable bonds is 4. The van der Waals surface area contributed by atoms with Gasteiger partial charge in [0.1, 0.15) is 11.6 Å². The molecule has 0 aromatic heterocycles. The zero-order valence-corrected chi connectivity index (χ0v) is 12.1. The van der Waals surface area contributed by atoms with Crippen molar-refractivity contribution in [2.24, 2.45) is 5.73 Å². The molecule has 2 N–H and O–H groups in total. The van der Waals surface area contributed by atoms with Crippen molar-refractivity contribution in [3.63, 3.8) is 0 Å². The quantitative estimate of drug-likeness (QED) is 0.516. The third-order valence-electron chi connectivity index (χ3n) is 2.61. The number of amides is 1. The number of halogens is 1. The number of hydrogen-bond acceptors (Lipinski definition) is 6. The van der Waals surface area contributed by atoms with Gasteiger partial charge in [0.05, 0.1) is 21.6 Å². The first-order chi connectivity index (χ1) is 9.93. The van der Waals surface area contributed by atoms with Crippen LogP contribution in [0.15, 0.2) is 23.2 Å². The van der Waals surface area contributed by atoms with E-state index >= 15 is 0 Å². The van der Waals surface area contributed by atoms with E-state index in [2.05, 4.69) is 0 Å². The first kappa shape index (κ1) is 15.4. The van der Waals surface area contributed by atoms with Gasteiger partial charge in [-0.1, -0.05) is 22.7 Å². The standard InChI is InChI=1S/C11H10ClN4O4S/c12-8-2-1-7(5-9(8)16(19)20)6-10-15(18)14(4-3-13)11(17)21-10/h1-2,5-6H,3-4,13H2/q+1/b10-6-. The van der Waals surface area contributed by atoms with E-state index in [9.17, 15) is 19.8 Å². The molecule has 21 heavy (non-hydrogen) atoms. The van der Waals surface area contributed by atoms with E-state index in [0.29, 0.717) is 10.4 Å². The molecule has 0 saturated carbocycles. The van der Waals surface area contributed by atoms with Crippen LogP contribution in [-0.2, 0) is 0 Å². The number of nitro groups is 1. The van der Waals surface area contributed by atoms with Crippen molar-refractivity contribution in [1.29, 1.82) is 0 Å². The van der Waals surface area contributed by atoms with Crippen molar-refractivity contribution in [2.45, 2.75) is 0 Å². The van der Waals surface area contributed by atoms with Gasteiger partial charge in [0.2, 0.25) is 0 Å². The number of hydrazine groups is 1. The fourth-order valence-electron chi connectivity index (χ4n) is 1.67. The lowest BCUT2D eigenvalue weighted by atomic mass is 10.2. The van der Waals surface area contributed by atoms with Crippen LogP contribution in [0.4, 0.5) is 10.5 Å². The summed E-state index contributed by atoms with van der Waals surface area (Å²) in [7, 11) is 0. The smallest absolute Gasteiger partial charge is 0.328 e. The minimum atomic E-state index is -0.618. The molecule has 0 radical (unpaired) electrons. The SMILES string of the molecule is NCCN1C(=O)S/C(=C\c2ccc(Cl)c([N+](=O)[O-])c2)[N+]1=O. The van der Waals surface area contributed by atoms with Crippen LogP contribution in [0.25, 0.3) is 6.08 Å². The summed E-state index contributed by atoms with van der Waals surface area (Å²) in [4.78, 5) is 34.2. The molecule has 110 valence electrons. The summed E-state index contributed by atoms with van der Waals surface area (Å²) in [6, 6.07) is 4.12. The van der Waals surface area contributed by atoms with Gasteiger partial charge in [-0.15, -0.1) is 0 Å². The number of thioether (sulfide) groups is 1. The van der Waals surface area contributed by atoms with E-state index in [-0.39, 0.29) is 28.8 Å². The van der Waals surface area contributed by atoms with Crippen molar-refractivity contribution in [3.05, 3.63) is 48.8 Å². The summed E-state index contributed by atoms with van der Waals surface area (Å²) >= 11 is 6.45. The van der Waals surface area contributed by atoms with Gasteiger partial charge in [-0.2, -0.15) is 0 Å². The number of hydrogen-bond donors (Lipinski definition) is 1. The van der Waals surface area contributed by atoms with Crippen LogP contribution >= 0.6 is 23.4 Å². The zero-order chi connectivity index (χ0) is 15.6. The molecular weight excluding hydrogens is 320 g/mol. The molecule has 1 aliphatic heterocycles. The van der Waals surface area contributed by atoms with Crippen molar-refractivity contribution in [1.82, 2.24) is 5.01 Å². The topological polar surface area (TPSA) is 110 Å². The third-order valence-corrected chi connectivity index (χ3v) is 3.80. The largest absolute Gasteiger partial charge is 0.350 e. The Bertz CT molecular complexity index is 664. The predicted molar refractivity (Wildman–Crippen MR) is 78.5 cm³/mol. The molecule has 10 heteroatoms. The minimum Gasteiger partial charge on any atom is -0.328 e. The highest BCUT2D eigenvalue weighted by atomic mass is 35.5. The zero-order valence-electron chi connectivity index (χ0n) is 10.6. The molecule has 1 aromatic carbocycles. The molecule has 2 rings (SSSR count). The maximum atomic E-state index is 11.9. The van der Waals surface area contributed by atoms with E-state index in [4.69, 9.17) is 17.3 Å². The van der Waals surface area contributed by atoms with E-state index in [1.165, 1.54) is 24.3 Å². The summed E-state index contributed by atoms with van der Waals surface area (Å²) in [5.74, 6) is 0. The maximum absolute atomic E-state index is 11.9. The van der Waals surface area contributed by atoms with Crippen molar-refractivity contribution in [2.75, 3.05) is 13.1 Å². The monoisotopic (exact) mass is 329 g/mol. The van der Waals surface area contributed by atoms with E-state index in [1.807, 2.05) is 0 Å². The van der Waals surface area contributed by atoms with Crippen LogP contribution in [0.2, 0.25) is 5.02 Å². The fraction of sp³-hybridized carbons (Fsp3) is 0.182. The Kier molecular flexibility index (Phi) is 4.56. The first-order valence-electron chi connectivity index (χ1n) is 5.76. The Morgan fingerprint density at radius 3 is 2.86 bits per heavy atom. The Labute approximate surface area is 128 Å². The van der Waals surface area contributed by atoms with E-state index in [0.717, 1.165) is 16.8 Å². The van der Waals surface area contributed by atoms with Gasteiger partial charge >= 0.3 is 10.3 Å². The van der Waals surface area contributed by atoms with E-state index < -0.39 is 10.2 Å². The van der Waals surface area contributed by atoms with Crippen LogP contribution < -0.4 is 5.73 Å². The number of nitro benzene ring substituents is 1. The molecule has 1 aliphatic rings. The number of nitroso groups, excluding NO2 is 1. The highest BCUT2D eigenvalue weighted by Gasteiger charge is 2.43. The van der Waals surface area contributed by atoms with Crippen molar-refractivity contribution in [3.8, 4) is 0 Å². The summed E-state index contributed by atoms with van der Waals surface area (Å²) < 4.78 is 0. The van der Waals surface area contributed by atoms with Crippen LogP contribution in [0.5, 0.6) is 0 Å². The van der Waals surface area contributed by atoms with Crippen LogP contribution in [0.1, 0.15) is 5.56 Å². The summed E-state index contributed by atoms with van der Waals surface area (Å²) in [6.45, 7) is 0.262. The fourth-order valence-corrected chi connectivity index (χ4v) is 2.67. The molecule has 0 bridgehead atoms. The van der Waals surface area contributed by atoms with Crippen LogP contribution in [0.3, 0.4) is 0 Å². The van der Waals surface area contributed by atoms with Gasteiger partial charge in [0.15, 0.2) is 4.87 Å². The summed E-state index contributed by atoms with van der Waals surface area (Å²) in [6.07, 6.45) is 1.38. The Hall–Kier alpha value is -1.97. The minimum absolute atomic E-state index is 0.000962. The maximum Gasteiger partial charge on any atom is 0.350 e. The molecule has 0 unspecified atom stereocenters. The van der Waals surface area contributed by atoms with Crippen molar-refractivity contribution < 1.29 is 14.6 Å². The molecule has 0 atom stereocenters. The number of nitrogens with zero attached hydrogens (tertiary/aromatic N) is 3. The van der Waals surface area contributed by atoms with E-state index in [1.54, 1.807) is 0 Å². The van der Waals surface area contributed by atoms with Gasteiger partial charge in [0, 0.05) is 18.7 Å². The molecule has 1 fully saturated rings. The number of nitrogens with two attached hydrogens (primary N) is 1. The lowest BCUT2D eigenvalue weighted by molar-refractivity contribution is -0.629. The second kappa shape index (κ2) is 6.20. The van der Waals surface area contributed by atoms with Crippen molar-refractivity contribution >= 4 is 40.4 Å². The highest BCUT2D eigenvalue weighted by molar-refractivity contribution is 8.16. The van der Waals surface area contributed by atoms with Gasteiger partial charge in [-0.05, 0) is 11.6 Å². The van der Waals surface area contributed by atoms with Gasteiger partial charge in [-0.25, -0.2) is 0 Å². The second-order valence-electron chi connectivity index (χ2n) is 4.00. The lowest BCUT2D eigenvalue weighted by Gasteiger charge is -2.00. The molecule has 0 aliphatic carbocycles. The number of benzene rings is 1. The lowest BCUT2D eigenvalue weighted by Crippen LogP contribution is -2.33. The average Bonchev–Trinajstić information content (AvgIpc) is 2.69. The Morgan fingerprint density at radius 1 is 1.52 bits per heavy atom. The highest BCUT2D eigenvalue weighted by Crippen LogP contribution is 2.33. The van der Waals surface area contributed by atoms with Crippen LogP contribution in [0, 0.1) is 15.0 Å². The molecule has 8 nitrogen and oxygen atoms in total. The molecular formula is C11H10ClN4O4S+. The first-order valence-corrected chi connectivity index (χ1v) is 6.95. The number of carbonyl (C=O) groups excluding carboxylic acids is 1. The molecule has 1 saturated heterocycles. The molecule has 0 spiro atoms. The summed E-state index contributed by atoms with van der Waals surface area (Å²) in [5.41, 5.74) is 5.46. The molecule has 1 aromatic rings. The third kappa shape index (κ3) is 3.20. The normalized spacial score (nSPS) is 16.9. The summed E-state index contributed by atoms with van der Waals surface area (Å²) in [5, 5.41) is 11.4. The average molecular weight is 330 g/mol. The Balaban J connectivity index is 2.33. The van der Waals surface area contributed by atoms with Gasteiger partial charge < -0.3 is 5.73 Å². The predicted octanol–water partition coefficient (Wildman–Crippen LogP) is 2.37. The molecule has 1 amide bonds. The van der Waals surface area contributed by atoms with Gasteiger partial charge in [0.25, 0.3) is 5.69 Å².